The molecule has 3 N–H and O–H groups in total. The summed E-state index contributed by atoms with van der Waals surface area (Å²) < 4.78 is 0. The first-order valence-corrected chi connectivity index (χ1v) is 8.18. The number of likely N-dealkylation sites (N-methyl/N-ethyl adjacent to an activating group) is 1. The van der Waals surface area contributed by atoms with Crippen LogP contribution in [0.25, 0.3) is 0 Å². The van der Waals surface area contributed by atoms with Crippen LogP contribution in [-0.4, -0.2) is 47.1 Å². The first-order chi connectivity index (χ1) is 9.49. The number of hydrogen-bond acceptors (Lipinski definition) is 4. The van der Waals surface area contributed by atoms with Crippen LogP contribution >= 0.6 is 11.8 Å². The molecule has 0 spiro atoms. The van der Waals surface area contributed by atoms with E-state index in [9.17, 15) is 9.90 Å². The van der Waals surface area contributed by atoms with E-state index < -0.39 is 6.04 Å². The summed E-state index contributed by atoms with van der Waals surface area (Å²) in [5.74, 6) is 1.11. The number of benzene rings is 1. The number of phenolic OH excluding ortho intramolecular Hbond substituents is 1. The summed E-state index contributed by atoms with van der Waals surface area (Å²) in [6.45, 7) is 2.08. The highest BCUT2D eigenvalue weighted by molar-refractivity contribution is 7.98. The summed E-state index contributed by atoms with van der Waals surface area (Å²) in [7, 11) is 1.82. The van der Waals surface area contributed by atoms with E-state index in [4.69, 9.17) is 5.73 Å². The van der Waals surface area contributed by atoms with Gasteiger partial charge in [0.2, 0.25) is 5.91 Å². The molecule has 0 aromatic heterocycles. The lowest BCUT2D eigenvalue weighted by Gasteiger charge is -2.29. The summed E-state index contributed by atoms with van der Waals surface area (Å²) in [5, 5.41) is 9.24. The average molecular weight is 296 g/mol. The maximum atomic E-state index is 12.3. The molecule has 0 saturated heterocycles. The van der Waals surface area contributed by atoms with E-state index in [1.807, 2.05) is 13.3 Å². The van der Waals surface area contributed by atoms with Gasteiger partial charge in [-0.05, 0) is 36.8 Å². The molecule has 0 radical (unpaired) electrons. The summed E-state index contributed by atoms with van der Waals surface area (Å²) >= 11 is 1.73. The zero-order valence-electron chi connectivity index (χ0n) is 12.4. The second kappa shape index (κ2) is 8.17. The lowest BCUT2D eigenvalue weighted by Crippen LogP contribution is -2.48. The minimum Gasteiger partial charge on any atom is -0.508 e. The monoisotopic (exact) mass is 296 g/mol. The van der Waals surface area contributed by atoms with Gasteiger partial charge in [-0.1, -0.05) is 19.1 Å². The van der Waals surface area contributed by atoms with Gasteiger partial charge in [0, 0.05) is 18.8 Å². The van der Waals surface area contributed by atoms with Gasteiger partial charge in [0.25, 0.3) is 0 Å². The molecule has 5 heteroatoms. The lowest BCUT2D eigenvalue weighted by molar-refractivity contribution is -0.133. The number of rotatable bonds is 7. The highest BCUT2D eigenvalue weighted by Gasteiger charge is 2.23. The fourth-order valence-corrected chi connectivity index (χ4v) is 2.95. The smallest absolute Gasteiger partial charge is 0.239 e. The van der Waals surface area contributed by atoms with E-state index in [-0.39, 0.29) is 17.7 Å². The Morgan fingerprint density at radius 3 is 2.50 bits per heavy atom. The molecule has 20 heavy (non-hydrogen) atoms. The summed E-state index contributed by atoms with van der Waals surface area (Å²) in [6.07, 6.45) is 3.45. The van der Waals surface area contributed by atoms with Crippen LogP contribution in [0.5, 0.6) is 5.75 Å². The molecule has 1 amide bonds. The number of carbonyl (C=O) groups is 1. The van der Waals surface area contributed by atoms with Gasteiger partial charge < -0.3 is 15.7 Å². The summed E-state index contributed by atoms with van der Waals surface area (Å²) in [4.78, 5) is 14.1. The number of thioether (sulfide) groups is 1. The zero-order valence-corrected chi connectivity index (χ0v) is 13.2. The number of amides is 1. The topological polar surface area (TPSA) is 66.6 Å². The highest BCUT2D eigenvalue weighted by Crippen LogP contribution is 2.13. The first kappa shape index (κ1) is 16.9. The van der Waals surface area contributed by atoms with Gasteiger partial charge in [-0.15, -0.1) is 0 Å². The van der Waals surface area contributed by atoms with Crippen LogP contribution in [0.3, 0.4) is 0 Å². The van der Waals surface area contributed by atoms with Gasteiger partial charge >= 0.3 is 0 Å². The third-order valence-corrected chi connectivity index (χ3v) is 4.15. The number of nitrogens with two attached hydrogens (primary N) is 1. The Bertz CT molecular complexity index is 422. The van der Waals surface area contributed by atoms with Crippen molar-refractivity contribution in [3.05, 3.63) is 29.8 Å². The predicted octanol–water partition coefficient (Wildman–Crippen LogP) is 1.86. The third kappa shape index (κ3) is 4.72. The Labute approximate surface area is 125 Å². The normalized spacial score (nSPS) is 13.8. The highest BCUT2D eigenvalue weighted by atomic mass is 32.2. The van der Waals surface area contributed by atoms with Crippen molar-refractivity contribution in [3.8, 4) is 5.75 Å². The molecule has 4 nitrogen and oxygen atoms in total. The molecule has 112 valence electrons. The van der Waals surface area contributed by atoms with E-state index in [1.54, 1.807) is 40.9 Å². The van der Waals surface area contributed by atoms with Gasteiger partial charge in [0.15, 0.2) is 0 Å². The molecule has 1 rings (SSSR count). The molecule has 0 bridgehead atoms. The van der Waals surface area contributed by atoms with E-state index >= 15 is 0 Å². The second-order valence-corrected chi connectivity index (χ2v) is 5.85. The molecule has 0 aliphatic heterocycles. The van der Waals surface area contributed by atoms with E-state index in [0.29, 0.717) is 6.42 Å². The van der Waals surface area contributed by atoms with Gasteiger partial charge in [-0.3, -0.25) is 4.79 Å². The lowest BCUT2D eigenvalue weighted by atomic mass is 10.0. The van der Waals surface area contributed by atoms with Gasteiger partial charge in [-0.2, -0.15) is 11.8 Å². The minimum atomic E-state index is -0.541. The summed E-state index contributed by atoms with van der Waals surface area (Å²) in [6, 6.07) is 6.49. The fraction of sp³-hybridized carbons (Fsp3) is 0.533. The number of carbonyl (C=O) groups excluding carboxylic acids is 1. The van der Waals surface area contributed by atoms with Crippen LogP contribution in [0.1, 0.15) is 18.9 Å². The minimum absolute atomic E-state index is 0.0287. The van der Waals surface area contributed by atoms with Crippen LogP contribution in [0.4, 0.5) is 0 Å². The number of aromatic hydroxyl groups is 1. The SMILES string of the molecule is CCC(CSC)N(C)C(=O)[C@H](N)Cc1ccc(O)cc1. The molecule has 1 aromatic rings. The Morgan fingerprint density at radius 1 is 1.40 bits per heavy atom. The van der Waals surface area contributed by atoms with Crippen LogP contribution in [0.2, 0.25) is 0 Å². The largest absolute Gasteiger partial charge is 0.508 e. The van der Waals surface area contributed by atoms with E-state index in [2.05, 4.69) is 6.92 Å². The predicted molar refractivity (Wildman–Crippen MR) is 85.0 cm³/mol. The molecule has 0 saturated carbocycles. The molecule has 0 aliphatic rings. The van der Waals surface area contributed by atoms with E-state index in [1.165, 1.54) is 0 Å². The van der Waals surface area contributed by atoms with Crippen molar-refractivity contribution in [1.82, 2.24) is 4.90 Å². The Hall–Kier alpha value is -1.20. The summed E-state index contributed by atoms with van der Waals surface area (Å²) in [5.41, 5.74) is 6.97. The number of nitrogens with zero attached hydrogens (tertiary/aromatic N) is 1. The molecule has 0 heterocycles. The van der Waals surface area contributed by atoms with Crippen molar-refractivity contribution in [2.75, 3.05) is 19.1 Å². The van der Waals surface area contributed by atoms with Crippen molar-refractivity contribution in [2.24, 2.45) is 5.73 Å². The Balaban J connectivity index is 2.63. The van der Waals surface area contributed by atoms with Gasteiger partial charge in [0.1, 0.15) is 5.75 Å². The number of hydrogen-bond donors (Lipinski definition) is 2. The fourth-order valence-electron chi connectivity index (χ4n) is 2.11. The van der Waals surface area contributed by atoms with Crippen molar-refractivity contribution in [3.63, 3.8) is 0 Å². The third-order valence-electron chi connectivity index (χ3n) is 3.43. The maximum absolute atomic E-state index is 12.3. The van der Waals surface area contributed by atoms with Crippen LogP contribution in [-0.2, 0) is 11.2 Å². The van der Waals surface area contributed by atoms with Crippen molar-refractivity contribution in [2.45, 2.75) is 31.8 Å². The molecular formula is C15H24N2O2S. The van der Waals surface area contributed by atoms with E-state index in [0.717, 1.165) is 17.7 Å². The molecule has 1 unspecified atom stereocenters. The first-order valence-electron chi connectivity index (χ1n) is 6.78. The average Bonchev–Trinajstić information content (AvgIpc) is 2.45. The molecule has 2 atom stereocenters. The van der Waals surface area contributed by atoms with Crippen molar-refractivity contribution in [1.29, 1.82) is 0 Å². The van der Waals surface area contributed by atoms with Crippen molar-refractivity contribution >= 4 is 17.7 Å². The number of phenols is 1. The Kier molecular flexibility index (Phi) is 6.88. The molecule has 1 aromatic carbocycles. The second-order valence-electron chi connectivity index (χ2n) is 4.94. The standard InChI is InChI=1S/C15H24N2O2S/c1-4-12(10-20-3)17(2)15(19)14(16)9-11-5-7-13(18)8-6-11/h5-8,12,14,18H,4,9-10,16H2,1-3H3/t12?,14-/m1/s1. The van der Waals surface area contributed by atoms with Gasteiger partial charge in [0.05, 0.1) is 6.04 Å². The molecule has 0 fully saturated rings. The quantitative estimate of drug-likeness (QED) is 0.806. The maximum Gasteiger partial charge on any atom is 0.239 e. The molecular weight excluding hydrogens is 272 g/mol. The van der Waals surface area contributed by atoms with Crippen LogP contribution < -0.4 is 5.73 Å². The van der Waals surface area contributed by atoms with Crippen LogP contribution in [0, 0.1) is 0 Å². The Morgan fingerprint density at radius 2 is 2.00 bits per heavy atom. The van der Waals surface area contributed by atoms with Crippen molar-refractivity contribution < 1.29 is 9.90 Å². The molecule has 0 aliphatic carbocycles. The zero-order chi connectivity index (χ0) is 15.1. The van der Waals surface area contributed by atoms with Gasteiger partial charge in [-0.25, -0.2) is 0 Å². The van der Waals surface area contributed by atoms with Crippen LogP contribution in [0.15, 0.2) is 24.3 Å².